The van der Waals surface area contributed by atoms with E-state index < -0.39 is 0 Å². The maximum absolute atomic E-state index is 12.9. The molecule has 3 saturated heterocycles. The fraction of sp³-hybridized carbons (Fsp3) is 0.933. The van der Waals surface area contributed by atoms with Gasteiger partial charge in [0.2, 0.25) is 5.91 Å². The Kier molecular flexibility index (Phi) is 3.34. The second-order valence-electron chi connectivity index (χ2n) is 7.24. The summed E-state index contributed by atoms with van der Waals surface area (Å²) in [6.07, 6.45) is 5.75. The summed E-state index contributed by atoms with van der Waals surface area (Å²) < 4.78 is 0. The normalized spacial score (nSPS) is 41.3. The van der Waals surface area contributed by atoms with Gasteiger partial charge < -0.3 is 15.3 Å². The van der Waals surface area contributed by atoms with Crippen molar-refractivity contribution in [3.63, 3.8) is 0 Å². The molecule has 2 N–H and O–H groups in total. The van der Waals surface area contributed by atoms with Crippen LogP contribution < -0.4 is 5.32 Å². The molecule has 0 aromatic carbocycles. The lowest BCUT2D eigenvalue weighted by Crippen LogP contribution is -2.60. The molecule has 3 atom stereocenters. The zero-order valence-electron chi connectivity index (χ0n) is 12.1. The summed E-state index contributed by atoms with van der Waals surface area (Å²) in [6, 6.07) is 0.515. The van der Waals surface area contributed by atoms with Gasteiger partial charge in [0.05, 0.1) is 12.1 Å². The van der Waals surface area contributed by atoms with E-state index in [-0.39, 0.29) is 35.6 Å². The van der Waals surface area contributed by atoms with Crippen molar-refractivity contribution in [2.24, 2.45) is 5.41 Å². The zero-order valence-corrected chi connectivity index (χ0v) is 12.1. The number of aliphatic hydroxyl groups is 1. The molecular formula is C15H26N2O2. The van der Waals surface area contributed by atoms with Crippen LogP contribution in [0.2, 0.25) is 0 Å². The standard InChI is InChI=1S/C15H26N2O2/c1-15(2)6-3-7-16-13(15)14(19)17-10-4-5-11(17)9-12(18)8-10/h10-13,16,18H,3-9H2,1-2H3. The van der Waals surface area contributed by atoms with E-state index in [4.69, 9.17) is 0 Å². The SMILES string of the molecule is CC1(C)CCCNC1C(=O)N1C2CCC1CC(O)C2. The average Bonchev–Trinajstić information content (AvgIpc) is 2.60. The number of piperidine rings is 2. The molecule has 2 bridgehead atoms. The van der Waals surface area contributed by atoms with E-state index in [9.17, 15) is 9.90 Å². The molecule has 0 spiro atoms. The topological polar surface area (TPSA) is 52.6 Å². The van der Waals surface area contributed by atoms with Crippen LogP contribution in [0, 0.1) is 5.41 Å². The van der Waals surface area contributed by atoms with Gasteiger partial charge in [0.1, 0.15) is 0 Å². The molecule has 0 radical (unpaired) electrons. The summed E-state index contributed by atoms with van der Waals surface area (Å²) in [5.74, 6) is 0.282. The highest BCUT2D eigenvalue weighted by atomic mass is 16.3. The van der Waals surface area contributed by atoms with Crippen molar-refractivity contribution in [3.8, 4) is 0 Å². The maximum Gasteiger partial charge on any atom is 0.240 e. The molecule has 19 heavy (non-hydrogen) atoms. The van der Waals surface area contributed by atoms with Gasteiger partial charge in [0.25, 0.3) is 0 Å². The maximum atomic E-state index is 12.9. The molecule has 3 fully saturated rings. The van der Waals surface area contributed by atoms with Crippen molar-refractivity contribution in [1.82, 2.24) is 10.2 Å². The molecule has 0 aromatic heterocycles. The Morgan fingerprint density at radius 2 is 1.89 bits per heavy atom. The van der Waals surface area contributed by atoms with Crippen LogP contribution in [-0.4, -0.2) is 46.7 Å². The first kappa shape index (κ1) is 13.4. The number of carbonyl (C=O) groups is 1. The number of hydrogen-bond donors (Lipinski definition) is 2. The third-order valence-corrected chi connectivity index (χ3v) is 5.34. The highest BCUT2D eigenvalue weighted by Crippen LogP contribution is 2.39. The Bertz CT molecular complexity index is 355. The largest absolute Gasteiger partial charge is 0.393 e. The Hall–Kier alpha value is -0.610. The zero-order chi connectivity index (χ0) is 13.6. The van der Waals surface area contributed by atoms with E-state index in [0.29, 0.717) is 0 Å². The Labute approximate surface area is 115 Å². The summed E-state index contributed by atoms with van der Waals surface area (Å²) in [5, 5.41) is 13.3. The van der Waals surface area contributed by atoms with Crippen LogP contribution >= 0.6 is 0 Å². The molecule has 3 aliphatic rings. The molecule has 3 rings (SSSR count). The van der Waals surface area contributed by atoms with Crippen molar-refractivity contribution in [2.45, 2.75) is 76.6 Å². The van der Waals surface area contributed by atoms with Gasteiger partial charge in [-0.25, -0.2) is 0 Å². The van der Waals surface area contributed by atoms with Gasteiger partial charge in [-0.1, -0.05) is 13.8 Å². The minimum Gasteiger partial charge on any atom is -0.393 e. The fourth-order valence-corrected chi connectivity index (χ4v) is 4.29. The lowest BCUT2D eigenvalue weighted by atomic mass is 9.76. The van der Waals surface area contributed by atoms with Gasteiger partial charge in [-0.3, -0.25) is 4.79 Å². The van der Waals surface area contributed by atoms with Crippen LogP contribution in [0.25, 0.3) is 0 Å². The minimum atomic E-state index is -0.200. The summed E-state index contributed by atoms with van der Waals surface area (Å²) >= 11 is 0. The second-order valence-corrected chi connectivity index (χ2v) is 7.24. The molecule has 3 heterocycles. The van der Waals surface area contributed by atoms with Crippen LogP contribution in [-0.2, 0) is 4.79 Å². The van der Waals surface area contributed by atoms with Crippen molar-refractivity contribution >= 4 is 5.91 Å². The van der Waals surface area contributed by atoms with Crippen LogP contribution in [0.15, 0.2) is 0 Å². The molecule has 3 unspecified atom stereocenters. The molecule has 0 saturated carbocycles. The van der Waals surface area contributed by atoms with Crippen LogP contribution in [0.4, 0.5) is 0 Å². The first-order chi connectivity index (χ1) is 8.99. The van der Waals surface area contributed by atoms with Gasteiger partial charge in [-0.05, 0) is 50.5 Å². The highest BCUT2D eigenvalue weighted by molar-refractivity contribution is 5.84. The quantitative estimate of drug-likeness (QED) is 0.752. The number of nitrogens with zero attached hydrogens (tertiary/aromatic N) is 1. The van der Waals surface area contributed by atoms with E-state index in [1.54, 1.807) is 0 Å². The molecule has 108 valence electrons. The average molecular weight is 266 g/mol. The molecule has 0 aromatic rings. The number of aliphatic hydroxyl groups excluding tert-OH is 1. The monoisotopic (exact) mass is 266 g/mol. The van der Waals surface area contributed by atoms with E-state index in [1.807, 2.05) is 0 Å². The molecule has 1 amide bonds. The number of hydrogen-bond acceptors (Lipinski definition) is 3. The second kappa shape index (κ2) is 4.74. The Balaban J connectivity index is 1.77. The summed E-state index contributed by atoms with van der Waals surface area (Å²) in [6.45, 7) is 5.34. The Morgan fingerprint density at radius 3 is 2.47 bits per heavy atom. The lowest BCUT2D eigenvalue weighted by Gasteiger charge is -2.44. The summed E-state index contributed by atoms with van der Waals surface area (Å²) in [4.78, 5) is 15.0. The smallest absolute Gasteiger partial charge is 0.240 e. The molecule has 4 heteroatoms. The van der Waals surface area contributed by atoms with Gasteiger partial charge in [0, 0.05) is 12.1 Å². The number of amides is 1. The van der Waals surface area contributed by atoms with Crippen LogP contribution in [0.1, 0.15) is 52.4 Å². The highest BCUT2D eigenvalue weighted by Gasteiger charge is 2.47. The number of fused-ring (bicyclic) bond motifs is 2. The van der Waals surface area contributed by atoms with E-state index in [0.717, 1.165) is 45.1 Å². The molecule has 3 aliphatic heterocycles. The first-order valence-electron chi connectivity index (χ1n) is 7.72. The van der Waals surface area contributed by atoms with Gasteiger partial charge in [-0.15, -0.1) is 0 Å². The minimum absolute atomic E-state index is 0.0420. The van der Waals surface area contributed by atoms with Crippen LogP contribution in [0.3, 0.4) is 0 Å². The summed E-state index contributed by atoms with van der Waals surface area (Å²) in [5.41, 5.74) is 0.0465. The Morgan fingerprint density at radius 1 is 1.26 bits per heavy atom. The first-order valence-corrected chi connectivity index (χ1v) is 7.72. The van der Waals surface area contributed by atoms with Crippen LogP contribution in [0.5, 0.6) is 0 Å². The lowest BCUT2D eigenvalue weighted by molar-refractivity contribution is -0.143. The third kappa shape index (κ3) is 2.29. The van der Waals surface area contributed by atoms with Crippen molar-refractivity contribution in [3.05, 3.63) is 0 Å². The van der Waals surface area contributed by atoms with Gasteiger partial charge >= 0.3 is 0 Å². The van der Waals surface area contributed by atoms with Crippen molar-refractivity contribution < 1.29 is 9.90 Å². The molecule has 0 aliphatic carbocycles. The fourth-order valence-electron chi connectivity index (χ4n) is 4.29. The molecule has 4 nitrogen and oxygen atoms in total. The van der Waals surface area contributed by atoms with E-state index >= 15 is 0 Å². The van der Waals surface area contributed by atoms with Crippen molar-refractivity contribution in [2.75, 3.05) is 6.54 Å². The number of nitrogens with one attached hydrogen (secondary N) is 1. The van der Waals surface area contributed by atoms with Crippen molar-refractivity contribution in [1.29, 1.82) is 0 Å². The summed E-state index contributed by atoms with van der Waals surface area (Å²) in [7, 11) is 0. The van der Waals surface area contributed by atoms with Gasteiger partial charge in [-0.2, -0.15) is 0 Å². The predicted molar refractivity (Wildman–Crippen MR) is 73.7 cm³/mol. The number of rotatable bonds is 1. The molecular weight excluding hydrogens is 240 g/mol. The van der Waals surface area contributed by atoms with Gasteiger partial charge in [0.15, 0.2) is 0 Å². The number of carbonyl (C=O) groups excluding carboxylic acids is 1. The van der Waals surface area contributed by atoms with E-state index in [2.05, 4.69) is 24.1 Å². The third-order valence-electron chi connectivity index (χ3n) is 5.34. The van der Waals surface area contributed by atoms with E-state index in [1.165, 1.54) is 0 Å². The predicted octanol–water partition coefficient (Wildman–Crippen LogP) is 1.28.